The molecule has 3 rings (SSSR count). The first-order valence-corrected chi connectivity index (χ1v) is 8.60. The van der Waals surface area contributed by atoms with Gasteiger partial charge in [0, 0.05) is 17.5 Å². The number of carbonyl (C=O) groups is 2. The first-order chi connectivity index (χ1) is 10.6. The van der Waals surface area contributed by atoms with Crippen LogP contribution < -0.4 is 10.2 Å². The first kappa shape index (κ1) is 15.2. The lowest BCUT2D eigenvalue weighted by Crippen LogP contribution is -2.33. The normalized spacial score (nSPS) is 21.0. The number of nitrogens with zero attached hydrogens (tertiary/aromatic N) is 1. The minimum Gasteiger partial charge on any atom is -0.442 e. The number of rotatable bonds is 3. The molecule has 0 bridgehead atoms. The molecule has 2 aliphatic heterocycles. The van der Waals surface area contributed by atoms with Gasteiger partial charge in [-0.3, -0.25) is 9.69 Å². The Bertz CT molecular complexity index is 591. The molecule has 118 valence electrons. The largest absolute Gasteiger partial charge is 0.442 e. The summed E-state index contributed by atoms with van der Waals surface area (Å²) >= 11 is 1.89. The maximum atomic E-state index is 12.1. The van der Waals surface area contributed by atoms with E-state index in [1.54, 1.807) is 4.90 Å². The summed E-state index contributed by atoms with van der Waals surface area (Å²) in [4.78, 5) is 26.0. The van der Waals surface area contributed by atoms with Crippen LogP contribution in [0, 0.1) is 0 Å². The topological polar surface area (TPSA) is 58.6 Å². The SMILES string of the molecule is CC(=O)NC[C@H]1CN(c2ccc3c(c2)CCCCS3)C(=O)O1. The predicted octanol–water partition coefficient (Wildman–Crippen LogP) is 2.58. The van der Waals surface area contributed by atoms with E-state index in [1.165, 1.54) is 30.2 Å². The molecule has 0 spiro atoms. The molecular weight excluding hydrogens is 300 g/mol. The second kappa shape index (κ2) is 6.60. The zero-order valence-corrected chi connectivity index (χ0v) is 13.4. The molecule has 0 unspecified atom stereocenters. The monoisotopic (exact) mass is 320 g/mol. The molecule has 1 aromatic rings. The molecule has 2 heterocycles. The van der Waals surface area contributed by atoms with Crippen molar-refractivity contribution in [2.75, 3.05) is 23.7 Å². The number of cyclic esters (lactones) is 1. The second-order valence-electron chi connectivity index (χ2n) is 5.65. The van der Waals surface area contributed by atoms with Gasteiger partial charge in [-0.25, -0.2) is 4.79 Å². The third-order valence-corrected chi connectivity index (χ3v) is 5.11. The number of amides is 2. The summed E-state index contributed by atoms with van der Waals surface area (Å²) in [5.41, 5.74) is 2.20. The Kier molecular flexibility index (Phi) is 4.57. The number of ether oxygens (including phenoxy) is 1. The molecule has 0 saturated carbocycles. The summed E-state index contributed by atoms with van der Waals surface area (Å²) in [5.74, 6) is 1.05. The number of fused-ring (bicyclic) bond motifs is 1. The summed E-state index contributed by atoms with van der Waals surface area (Å²) in [6.07, 6.45) is 2.87. The average molecular weight is 320 g/mol. The lowest BCUT2D eigenvalue weighted by molar-refractivity contribution is -0.119. The average Bonchev–Trinajstić information content (AvgIpc) is 2.71. The summed E-state index contributed by atoms with van der Waals surface area (Å²) in [6.45, 7) is 2.29. The van der Waals surface area contributed by atoms with E-state index in [9.17, 15) is 9.59 Å². The van der Waals surface area contributed by atoms with Crippen LogP contribution in [0.25, 0.3) is 0 Å². The van der Waals surface area contributed by atoms with E-state index in [0.717, 1.165) is 17.9 Å². The van der Waals surface area contributed by atoms with Gasteiger partial charge >= 0.3 is 6.09 Å². The number of thioether (sulfide) groups is 1. The Morgan fingerprint density at radius 3 is 3.14 bits per heavy atom. The number of benzene rings is 1. The van der Waals surface area contributed by atoms with Crippen molar-refractivity contribution >= 4 is 29.4 Å². The molecule has 0 aromatic heterocycles. The molecule has 2 aliphatic rings. The van der Waals surface area contributed by atoms with Crippen LogP contribution in [0.1, 0.15) is 25.3 Å². The summed E-state index contributed by atoms with van der Waals surface area (Å²) in [7, 11) is 0. The van der Waals surface area contributed by atoms with Gasteiger partial charge in [-0.2, -0.15) is 0 Å². The van der Waals surface area contributed by atoms with Crippen LogP contribution in [0.15, 0.2) is 23.1 Å². The number of hydrogen-bond acceptors (Lipinski definition) is 4. The molecule has 5 nitrogen and oxygen atoms in total. The van der Waals surface area contributed by atoms with E-state index in [1.807, 2.05) is 17.8 Å². The maximum Gasteiger partial charge on any atom is 0.414 e. The number of anilines is 1. The van der Waals surface area contributed by atoms with Crippen LogP contribution >= 0.6 is 11.8 Å². The molecule has 1 saturated heterocycles. The maximum absolute atomic E-state index is 12.1. The Hall–Kier alpha value is -1.69. The van der Waals surface area contributed by atoms with Crippen molar-refractivity contribution < 1.29 is 14.3 Å². The van der Waals surface area contributed by atoms with Crippen molar-refractivity contribution in [1.29, 1.82) is 0 Å². The van der Waals surface area contributed by atoms with Gasteiger partial charge in [0.2, 0.25) is 5.91 Å². The number of aryl methyl sites for hydroxylation is 1. The number of hydrogen-bond donors (Lipinski definition) is 1. The van der Waals surface area contributed by atoms with Crippen LogP contribution in [0.3, 0.4) is 0 Å². The summed E-state index contributed by atoms with van der Waals surface area (Å²) in [5, 5.41) is 2.69. The number of nitrogens with one attached hydrogen (secondary N) is 1. The van der Waals surface area contributed by atoms with E-state index >= 15 is 0 Å². The fourth-order valence-corrected chi connectivity index (χ4v) is 3.84. The lowest BCUT2D eigenvalue weighted by Gasteiger charge is -2.15. The molecule has 0 aliphatic carbocycles. The highest BCUT2D eigenvalue weighted by molar-refractivity contribution is 7.99. The fraction of sp³-hybridized carbons (Fsp3) is 0.500. The van der Waals surface area contributed by atoms with Crippen molar-refractivity contribution in [2.45, 2.75) is 37.2 Å². The van der Waals surface area contributed by atoms with Crippen LogP contribution in [0.2, 0.25) is 0 Å². The Labute approximate surface area is 134 Å². The van der Waals surface area contributed by atoms with Gasteiger partial charge in [-0.05, 0) is 48.8 Å². The van der Waals surface area contributed by atoms with Gasteiger partial charge in [0.1, 0.15) is 6.10 Å². The Morgan fingerprint density at radius 2 is 2.32 bits per heavy atom. The van der Waals surface area contributed by atoms with Crippen LogP contribution in [-0.4, -0.2) is 36.9 Å². The third-order valence-electron chi connectivity index (χ3n) is 3.91. The molecule has 1 aromatic carbocycles. The van der Waals surface area contributed by atoms with Gasteiger partial charge < -0.3 is 10.1 Å². The molecular formula is C16H20N2O3S. The standard InChI is InChI=1S/C16H20N2O3S/c1-11(19)17-9-14-10-18(16(20)21-14)13-5-6-15-12(8-13)4-2-3-7-22-15/h5-6,8,14H,2-4,7,9-10H2,1H3,(H,17,19)/t14-/m0/s1. The Balaban J connectivity index is 1.72. The molecule has 6 heteroatoms. The van der Waals surface area contributed by atoms with E-state index in [-0.39, 0.29) is 18.1 Å². The van der Waals surface area contributed by atoms with Gasteiger partial charge in [-0.15, -0.1) is 11.8 Å². The minimum absolute atomic E-state index is 0.114. The van der Waals surface area contributed by atoms with Crippen LogP contribution in [0.4, 0.5) is 10.5 Å². The smallest absolute Gasteiger partial charge is 0.414 e. The van der Waals surface area contributed by atoms with Gasteiger partial charge in [0.15, 0.2) is 0 Å². The highest BCUT2D eigenvalue weighted by Gasteiger charge is 2.32. The molecule has 1 atom stereocenters. The first-order valence-electron chi connectivity index (χ1n) is 7.62. The van der Waals surface area contributed by atoms with E-state index in [0.29, 0.717) is 13.1 Å². The second-order valence-corrected chi connectivity index (χ2v) is 6.79. The predicted molar refractivity (Wildman–Crippen MR) is 86.4 cm³/mol. The highest BCUT2D eigenvalue weighted by atomic mass is 32.2. The van der Waals surface area contributed by atoms with E-state index < -0.39 is 0 Å². The van der Waals surface area contributed by atoms with Crippen LogP contribution in [0.5, 0.6) is 0 Å². The molecule has 0 radical (unpaired) electrons. The summed E-state index contributed by atoms with van der Waals surface area (Å²) in [6, 6.07) is 6.20. The van der Waals surface area contributed by atoms with Crippen molar-refractivity contribution in [3.8, 4) is 0 Å². The zero-order chi connectivity index (χ0) is 15.5. The van der Waals surface area contributed by atoms with Crippen molar-refractivity contribution in [2.24, 2.45) is 0 Å². The lowest BCUT2D eigenvalue weighted by atomic mass is 10.1. The quantitative estimate of drug-likeness (QED) is 0.930. The fourth-order valence-electron chi connectivity index (χ4n) is 2.77. The summed E-state index contributed by atoms with van der Waals surface area (Å²) < 4.78 is 5.31. The van der Waals surface area contributed by atoms with Gasteiger partial charge in [0.05, 0.1) is 13.1 Å². The molecule has 2 amide bonds. The minimum atomic E-state index is -0.337. The van der Waals surface area contributed by atoms with Crippen LogP contribution in [-0.2, 0) is 16.0 Å². The highest BCUT2D eigenvalue weighted by Crippen LogP contribution is 2.33. The number of carbonyl (C=O) groups excluding carboxylic acids is 2. The third kappa shape index (κ3) is 3.38. The van der Waals surface area contributed by atoms with Gasteiger partial charge in [-0.1, -0.05) is 0 Å². The van der Waals surface area contributed by atoms with E-state index in [4.69, 9.17) is 4.74 Å². The Morgan fingerprint density at radius 1 is 1.45 bits per heavy atom. The molecule has 1 N–H and O–H groups in total. The van der Waals surface area contributed by atoms with E-state index in [2.05, 4.69) is 17.4 Å². The zero-order valence-electron chi connectivity index (χ0n) is 12.6. The van der Waals surface area contributed by atoms with Crippen molar-refractivity contribution in [3.63, 3.8) is 0 Å². The molecule has 22 heavy (non-hydrogen) atoms. The van der Waals surface area contributed by atoms with Gasteiger partial charge in [0.25, 0.3) is 0 Å². The van der Waals surface area contributed by atoms with Crippen molar-refractivity contribution in [1.82, 2.24) is 5.32 Å². The van der Waals surface area contributed by atoms with Crippen molar-refractivity contribution in [3.05, 3.63) is 23.8 Å². The molecule has 1 fully saturated rings.